The second kappa shape index (κ2) is 3.72. The minimum Gasteiger partial charge on any atom is -0.547 e. The van der Waals surface area contributed by atoms with E-state index in [0.717, 1.165) is 19.8 Å². The fourth-order valence-electron chi connectivity index (χ4n) is 0.167. The largest absolute Gasteiger partial charge is 0.547 e. The Kier molecular flexibility index (Phi) is 3.52. The van der Waals surface area contributed by atoms with E-state index >= 15 is 0 Å². The minimum absolute atomic E-state index is 1.08. The Morgan fingerprint density at radius 1 is 1.55 bits per heavy atom. The highest BCUT2D eigenvalue weighted by Gasteiger charge is 2.12. The lowest BCUT2D eigenvalue weighted by Crippen LogP contribution is -2.43. The molecule has 0 aliphatic heterocycles. The summed E-state index contributed by atoms with van der Waals surface area (Å²) < 4.78 is 0. The van der Waals surface area contributed by atoms with Crippen LogP contribution in [0, 0.1) is 5.92 Å². The third kappa shape index (κ3) is 7.33. The first-order valence-corrected chi connectivity index (χ1v) is 3.78. The molecule has 1 saturated carbocycles. The van der Waals surface area contributed by atoms with Gasteiger partial charge in [0.1, 0.15) is 0 Å². The van der Waals surface area contributed by atoms with Gasteiger partial charge in [-0.25, -0.2) is 0 Å². The molecule has 1 aliphatic rings. The maximum atomic E-state index is 9.66. The van der Waals surface area contributed by atoms with Gasteiger partial charge in [-0.2, -0.15) is 0 Å². The van der Waals surface area contributed by atoms with Gasteiger partial charge in [0.05, 0.1) is 11.6 Å². The Hall–Kier alpha value is -0.570. The highest BCUT2D eigenvalue weighted by Crippen LogP contribution is 2.26. The van der Waals surface area contributed by atoms with E-state index in [-0.39, 0.29) is 0 Å². The first-order valence-electron chi connectivity index (χ1n) is 3.78. The van der Waals surface area contributed by atoms with E-state index in [0.29, 0.717) is 0 Å². The number of carboxylic acid groups (broad SMARTS) is 1. The number of carboxylic acids is 1. The summed E-state index contributed by atoms with van der Waals surface area (Å²) in [5.41, 5.74) is -1.69. The summed E-state index contributed by atoms with van der Waals surface area (Å²) in [6, 6.07) is 0. The number of carbonyl (C=O) groups is 1. The van der Waals surface area contributed by atoms with Gasteiger partial charge in [-0.1, -0.05) is 19.8 Å². The van der Waals surface area contributed by atoms with E-state index in [1.165, 1.54) is 12.8 Å². The quantitative estimate of drug-likeness (QED) is 0.582. The predicted octanol–water partition coefficient (Wildman–Crippen LogP) is -0.0765. The standard InChI is InChI=1S/C4H8O3.C4H8/c1-4(2,7)3(5)6;1-4-2-3-4/h7H,1-2H3,(H,5,6);4H,2-3H2,1H3/p-1. The fraction of sp³-hybridized carbons (Fsp3) is 0.875. The Morgan fingerprint density at radius 2 is 1.73 bits per heavy atom. The summed E-state index contributed by atoms with van der Waals surface area (Å²) in [5.74, 6) is -0.368. The molecule has 0 bridgehead atoms. The van der Waals surface area contributed by atoms with E-state index in [2.05, 4.69) is 6.92 Å². The van der Waals surface area contributed by atoms with Gasteiger partial charge in [0, 0.05) is 0 Å². The molecule has 3 nitrogen and oxygen atoms in total. The Bertz CT molecular complexity index is 131. The van der Waals surface area contributed by atoms with Gasteiger partial charge >= 0.3 is 0 Å². The highest BCUT2D eigenvalue weighted by atomic mass is 16.4. The van der Waals surface area contributed by atoms with E-state index in [1.807, 2.05) is 0 Å². The number of hydrogen-bond acceptors (Lipinski definition) is 3. The zero-order valence-electron chi connectivity index (χ0n) is 7.26. The van der Waals surface area contributed by atoms with Crippen molar-refractivity contribution in [1.82, 2.24) is 0 Å². The van der Waals surface area contributed by atoms with Crippen LogP contribution in [-0.2, 0) is 4.79 Å². The molecule has 0 spiro atoms. The first kappa shape index (κ1) is 10.4. The lowest BCUT2D eigenvalue weighted by Gasteiger charge is -2.16. The van der Waals surface area contributed by atoms with Crippen LogP contribution in [-0.4, -0.2) is 16.7 Å². The topological polar surface area (TPSA) is 60.4 Å². The summed E-state index contributed by atoms with van der Waals surface area (Å²) in [7, 11) is 0. The molecule has 0 aromatic carbocycles. The lowest BCUT2D eigenvalue weighted by atomic mass is 10.1. The number of rotatable bonds is 1. The monoisotopic (exact) mass is 159 g/mol. The van der Waals surface area contributed by atoms with Crippen molar-refractivity contribution in [2.24, 2.45) is 5.92 Å². The molecule has 0 aromatic heterocycles. The summed E-state index contributed by atoms with van der Waals surface area (Å²) in [6.45, 7) is 4.59. The molecule has 1 aliphatic carbocycles. The Morgan fingerprint density at radius 3 is 1.73 bits per heavy atom. The number of carbonyl (C=O) groups excluding carboxylic acids is 1. The lowest BCUT2D eigenvalue weighted by molar-refractivity contribution is -0.322. The molecule has 66 valence electrons. The van der Waals surface area contributed by atoms with Gasteiger partial charge in [-0.15, -0.1) is 0 Å². The van der Waals surface area contributed by atoms with Crippen LogP contribution in [0.5, 0.6) is 0 Å². The third-order valence-corrected chi connectivity index (χ3v) is 1.37. The van der Waals surface area contributed by atoms with Crippen LogP contribution in [0.2, 0.25) is 0 Å². The van der Waals surface area contributed by atoms with Crippen molar-refractivity contribution in [3.8, 4) is 0 Å². The first-order chi connectivity index (χ1) is 4.84. The van der Waals surface area contributed by atoms with Gasteiger partial charge < -0.3 is 15.0 Å². The molecule has 1 N–H and O–H groups in total. The van der Waals surface area contributed by atoms with Crippen LogP contribution in [0.15, 0.2) is 0 Å². The molecule has 0 heterocycles. The van der Waals surface area contributed by atoms with E-state index in [4.69, 9.17) is 5.11 Å². The van der Waals surface area contributed by atoms with Crippen LogP contribution in [0.3, 0.4) is 0 Å². The predicted molar refractivity (Wildman–Crippen MR) is 39.7 cm³/mol. The molecule has 0 aromatic rings. The van der Waals surface area contributed by atoms with Gasteiger partial charge in [0.15, 0.2) is 0 Å². The SMILES string of the molecule is CC(C)(O)C(=O)[O-].CC1CC1. The third-order valence-electron chi connectivity index (χ3n) is 1.37. The molecule has 0 atom stereocenters. The van der Waals surface area contributed by atoms with E-state index < -0.39 is 11.6 Å². The van der Waals surface area contributed by atoms with Crippen LogP contribution in [0.25, 0.3) is 0 Å². The van der Waals surface area contributed by atoms with Crippen molar-refractivity contribution in [3.05, 3.63) is 0 Å². The normalized spacial score (nSPS) is 16.7. The molecule has 1 rings (SSSR count). The van der Waals surface area contributed by atoms with Crippen molar-refractivity contribution in [1.29, 1.82) is 0 Å². The van der Waals surface area contributed by atoms with Crippen LogP contribution < -0.4 is 5.11 Å². The number of aliphatic carboxylic acids is 1. The summed E-state index contributed by atoms with van der Waals surface area (Å²) in [6.07, 6.45) is 2.97. The molecule has 0 amide bonds. The van der Waals surface area contributed by atoms with E-state index in [9.17, 15) is 9.90 Å². The van der Waals surface area contributed by atoms with Gasteiger partial charge in [0.2, 0.25) is 0 Å². The molecule has 0 unspecified atom stereocenters. The molecule has 0 saturated heterocycles. The van der Waals surface area contributed by atoms with Gasteiger partial charge in [0.25, 0.3) is 0 Å². The Balaban J connectivity index is 0.000000207. The van der Waals surface area contributed by atoms with Crippen LogP contribution in [0.1, 0.15) is 33.6 Å². The summed E-state index contributed by atoms with van der Waals surface area (Å²) in [5, 5.41) is 18.1. The van der Waals surface area contributed by atoms with Crippen molar-refractivity contribution in [2.45, 2.75) is 39.2 Å². The summed E-state index contributed by atoms with van der Waals surface area (Å²) in [4.78, 5) is 9.66. The molecule has 11 heavy (non-hydrogen) atoms. The Labute approximate surface area is 67.0 Å². The zero-order chi connectivity index (χ0) is 9.07. The second-order valence-corrected chi connectivity index (χ2v) is 3.53. The molecule has 0 radical (unpaired) electrons. The van der Waals surface area contributed by atoms with Crippen molar-refractivity contribution >= 4 is 5.97 Å². The zero-order valence-corrected chi connectivity index (χ0v) is 7.26. The molecular weight excluding hydrogens is 144 g/mol. The maximum Gasteiger partial charge on any atom is 0.0983 e. The second-order valence-electron chi connectivity index (χ2n) is 3.53. The summed E-state index contributed by atoms with van der Waals surface area (Å²) >= 11 is 0. The highest BCUT2D eigenvalue weighted by molar-refractivity contribution is 5.73. The molecule has 3 heteroatoms. The molecule has 1 fully saturated rings. The van der Waals surface area contributed by atoms with Crippen molar-refractivity contribution in [2.75, 3.05) is 0 Å². The smallest absolute Gasteiger partial charge is 0.0983 e. The molecular formula is C8H15O3-. The average Bonchev–Trinajstić information content (AvgIpc) is 2.49. The van der Waals surface area contributed by atoms with Gasteiger partial charge in [-0.3, -0.25) is 0 Å². The number of aliphatic hydroxyl groups is 1. The minimum atomic E-state index is -1.69. The fourth-order valence-corrected chi connectivity index (χ4v) is 0.167. The van der Waals surface area contributed by atoms with E-state index in [1.54, 1.807) is 0 Å². The van der Waals surface area contributed by atoms with Crippen molar-refractivity contribution < 1.29 is 15.0 Å². The van der Waals surface area contributed by atoms with Crippen molar-refractivity contribution in [3.63, 3.8) is 0 Å². The van der Waals surface area contributed by atoms with Crippen LogP contribution >= 0.6 is 0 Å². The maximum absolute atomic E-state index is 9.66. The van der Waals surface area contributed by atoms with Gasteiger partial charge in [-0.05, 0) is 19.8 Å². The van der Waals surface area contributed by atoms with Crippen LogP contribution in [0.4, 0.5) is 0 Å². The number of hydrogen-bond donors (Lipinski definition) is 1. The average molecular weight is 159 g/mol.